The highest BCUT2D eigenvalue weighted by atomic mass is 16.5. The zero-order valence-electron chi connectivity index (χ0n) is 11.5. The Bertz CT molecular complexity index is 731. The number of ether oxygens (including phenoxy) is 1. The van der Waals surface area contributed by atoms with Crippen molar-refractivity contribution in [2.75, 3.05) is 13.7 Å². The highest BCUT2D eigenvalue weighted by molar-refractivity contribution is 5.86. The van der Waals surface area contributed by atoms with Crippen LogP contribution in [0.15, 0.2) is 48.7 Å². The summed E-state index contributed by atoms with van der Waals surface area (Å²) in [4.78, 5) is 3.21. The van der Waals surface area contributed by atoms with E-state index in [4.69, 9.17) is 10.5 Å². The lowest BCUT2D eigenvalue weighted by Crippen LogP contribution is -2.03. The Hall–Kier alpha value is -2.26. The molecule has 0 saturated carbocycles. The van der Waals surface area contributed by atoms with Crippen molar-refractivity contribution in [2.45, 2.75) is 6.42 Å². The third-order valence-corrected chi connectivity index (χ3v) is 3.56. The highest BCUT2D eigenvalue weighted by Gasteiger charge is 2.08. The Labute approximate surface area is 118 Å². The molecule has 0 aliphatic rings. The fraction of sp³-hybridized carbons (Fsp3) is 0.176. The number of H-pyrrole nitrogens is 1. The van der Waals surface area contributed by atoms with Crippen LogP contribution in [0, 0.1) is 0 Å². The first-order chi connectivity index (χ1) is 9.81. The number of hydrogen-bond acceptors (Lipinski definition) is 2. The number of nitrogens with one attached hydrogen (secondary N) is 1. The van der Waals surface area contributed by atoms with Gasteiger partial charge in [0.2, 0.25) is 0 Å². The third-order valence-electron chi connectivity index (χ3n) is 3.56. The highest BCUT2D eigenvalue weighted by Crippen LogP contribution is 2.32. The lowest BCUT2D eigenvalue weighted by atomic mass is 9.99. The molecule has 0 unspecified atom stereocenters. The molecule has 3 aromatic rings. The predicted molar refractivity (Wildman–Crippen MR) is 83.0 cm³/mol. The average Bonchev–Trinajstić information content (AvgIpc) is 2.95. The molecule has 0 amide bonds. The van der Waals surface area contributed by atoms with Crippen LogP contribution in [0.3, 0.4) is 0 Å². The van der Waals surface area contributed by atoms with E-state index in [1.54, 1.807) is 7.11 Å². The molecule has 0 aliphatic heterocycles. The van der Waals surface area contributed by atoms with E-state index in [-0.39, 0.29) is 0 Å². The number of aromatic nitrogens is 1. The Balaban J connectivity index is 2.12. The lowest BCUT2D eigenvalue weighted by Gasteiger charge is -2.11. The van der Waals surface area contributed by atoms with Crippen LogP contribution in [0.2, 0.25) is 0 Å². The van der Waals surface area contributed by atoms with Gasteiger partial charge in [-0.2, -0.15) is 0 Å². The van der Waals surface area contributed by atoms with Gasteiger partial charge in [0.25, 0.3) is 0 Å². The molecule has 3 rings (SSSR count). The monoisotopic (exact) mass is 266 g/mol. The number of methoxy groups -OCH3 is 1. The molecule has 0 bridgehead atoms. The van der Waals surface area contributed by atoms with Gasteiger partial charge in [-0.15, -0.1) is 0 Å². The molecule has 2 aromatic carbocycles. The fourth-order valence-corrected chi connectivity index (χ4v) is 2.52. The summed E-state index contributed by atoms with van der Waals surface area (Å²) in [5.74, 6) is 0.889. The minimum Gasteiger partial charge on any atom is -0.496 e. The zero-order chi connectivity index (χ0) is 13.9. The van der Waals surface area contributed by atoms with Crippen molar-refractivity contribution < 1.29 is 4.74 Å². The van der Waals surface area contributed by atoms with Gasteiger partial charge in [-0.25, -0.2) is 0 Å². The molecule has 3 N–H and O–H groups in total. The van der Waals surface area contributed by atoms with Gasteiger partial charge in [-0.05, 0) is 59.8 Å². The van der Waals surface area contributed by atoms with Crippen LogP contribution < -0.4 is 10.5 Å². The summed E-state index contributed by atoms with van der Waals surface area (Å²) in [6.07, 6.45) is 2.83. The zero-order valence-corrected chi connectivity index (χ0v) is 11.5. The first-order valence-corrected chi connectivity index (χ1v) is 6.76. The van der Waals surface area contributed by atoms with Crippen LogP contribution >= 0.6 is 0 Å². The number of fused-ring (bicyclic) bond motifs is 1. The van der Waals surface area contributed by atoms with Crippen molar-refractivity contribution in [3.8, 4) is 16.9 Å². The molecule has 0 aliphatic carbocycles. The van der Waals surface area contributed by atoms with Crippen molar-refractivity contribution >= 4 is 10.9 Å². The van der Waals surface area contributed by atoms with Gasteiger partial charge in [0.15, 0.2) is 0 Å². The van der Waals surface area contributed by atoms with Gasteiger partial charge in [0.05, 0.1) is 7.11 Å². The lowest BCUT2D eigenvalue weighted by molar-refractivity contribution is 0.416. The molecule has 0 spiro atoms. The van der Waals surface area contributed by atoms with Crippen molar-refractivity contribution in [3.05, 3.63) is 54.2 Å². The second-order valence-electron chi connectivity index (χ2n) is 4.85. The van der Waals surface area contributed by atoms with E-state index in [0.29, 0.717) is 6.54 Å². The quantitative estimate of drug-likeness (QED) is 0.761. The van der Waals surface area contributed by atoms with Crippen LogP contribution in [-0.4, -0.2) is 18.6 Å². The molecule has 20 heavy (non-hydrogen) atoms. The van der Waals surface area contributed by atoms with Crippen molar-refractivity contribution in [1.29, 1.82) is 0 Å². The van der Waals surface area contributed by atoms with E-state index in [1.807, 2.05) is 12.3 Å². The molecule has 1 heterocycles. The SMILES string of the molecule is COc1ccc(CCN)cc1-c1ccc2[nH]ccc2c1. The maximum absolute atomic E-state index is 5.64. The molecule has 0 radical (unpaired) electrons. The summed E-state index contributed by atoms with van der Waals surface area (Å²) in [6, 6.07) is 14.7. The average molecular weight is 266 g/mol. The van der Waals surface area contributed by atoms with Crippen molar-refractivity contribution in [2.24, 2.45) is 5.73 Å². The number of hydrogen-bond donors (Lipinski definition) is 2. The number of benzene rings is 2. The molecular formula is C17H18N2O. The molecule has 0 saturated heterocycles. The van der Waals surface area contributed by atoms with E-state index in [9.17, 15) is 0 Å². The second-order valence-corrected chi connectivity index (χ2v) is 4.85. The first kappa shape index (κ1) is 12.8. The Morgan fingerprint density at radius 1 is 1.10 bits per heavy atom. The van der Waals surface area contributed by atoms with Gasteiger partial charge in [-0.3, -0.25) is 0 Å². The Kier molecular flexibility index (Phi) is 3.44. The number of aromatic amines is 1. The standard InChI is InChI=1S/C17H18N2O/c1-20-17-5-2-12(6-8-18)10-15(17)13-3-4-16-14(11-13)7-9-19-16/h2-5,7,9-11,19H,6,8,18H2,1H3. The van der Waals surface area contributed by atoms with Gasteiger partial charge >= 0.3 is 0 Å². The van der Waals surface area contributed by atoms with E-state index < -0.39 is 0 Å². The van der Waals surface area contributed by atoms with Crippen LogP contribution in [-0.2, 0) is 6.42 Å². The predicted octanol–water partition coefficient (Wildman–Crippen LogP) is 3.34. The molecule has 3 heteroatoms. The smallest absolute Gasteiger partial charge is 0.126 e. The van der Waals surface area contributed by atoms with Crippen LogP contribution in [0.4, 0.5) is 0 Å². The summed E-state index contributed by atoms with van der Waals surface area (Å²) in [5, 5.41) is 1.20. The van der Waals surface area contributed by atoms with Crippen molar-refractivity contribution in [1.82, 2.24) is 4.98 Å². The van der Waals surface area contributed by atoms with Crippen LogP contribution in [0.5, 0.6) is 5.75 Å². The second kappa shape index (κ2) is 5.39. The molecule has 3 nitrogen and oxygen atoms in total. The molecule has 0 fully saturated rings. The summed E-state index contributed by atoms with van der Waals surface area (Å²) >= 11 is 0. The Morgan fingerprint density at radius 3 is 2.80 bits per heavy atom. The molecule has 102 valence electrons. The molecule has 0 atom stereocenters. The van der Waals surface area contributed by atoms with Gasteiger partial charge in [0.1, 0.15) is 5.75 Å². The van der Waals surface area contributed by atoms with Gasteiger partial charge < -0.3 is 15.5 Å². The molecule has 1 aromatic heterocycles. The van der Waals surface area contributed by atoms with Crippen LogP contribution in [0.1, 0.15) is 5.56 Å². The minimum atomic E-state index is 0.655. The van der Waals surface area contributed by atoms with Gasteiger partial charge in [0, 0.05) is 17.3 Å². The molecular weight excluding hydrogens is 248 g/mol. The number of rotatable bonds is 4. The Morgan fingerprint density at radius 2 is 2.00 bits per heavy atom. The summed E-state index contributed by atoms with van der Waals surface area (Å²) < 4.78 is 5.49. The number of nitrogens with two attached hydrogens (primary N) is 1. The fourth-order valence-electron chi connectivity index (χ4n) is 2.52. The largest absolute Gasteiger partial charge is 0.496 e. The maximum atomic E-state index is 5.64. The summed E-state index contributed by atoms with van der Waals surface area (Å²) in [6.45, 7) is 0.655. The van der Waals surface area contributed by atoms with E-state index in [1.165, 1.54) is 10.9 Å². The maximum Gasteiger partial charge on any atom is 0.126 e. The van der Waals surface area contributed by atoms with E-state index >= 15 is 0 Å². The van der Waals surface area contributed by atoms with E-state index in [2.05, 4.69) is 41.4 Å². The van der Waals surface area contributed by atoms with Gasteiger partial charge in [-0.1, -0.05) is 12.1 Å². The normalized spacial score (nSPS) is 10.9. The summed E-state index contributed by atoms with van der Waals surface area (Å²) in [7, 11) is 1.70. The van der Waals surface area contributed by atoms with E-state index in [0.717, 1.165) is 28.8 Å². The summed E-state index contributed by atoms with van der Waals surface area (Å²) in [5.41, 5.74) is 10.3. The van der Waals surface area contributed by atoms with Crippen LogP contribution in [0.25, 0.3) is 22.0 Å². The topological polar surface area (TPSA) is 51.0 Å². The first-order valence-electron chi connectivity index (χ1n) is 6.76. The third kappa shape index (κ3) is 2.28. The minimum absolute atomic E-state index is 0.655. The van der Waals surface area contributed by atoms with Crippen molar-refractivity contribution in [3.63, 3.8) is 0 Å².